The zero-order valence-corrected chi connectivity index (χ0v) is 10.8. The fourth-order valence-corrected chi connectivity index (χ4v) is 2.97. The minimum Gasteiger partial charge on any atom is -0.313 e. The fraction of sp³-hybridized carbons (Fsp3) is 0.923. The summed E-state index contributed by atoms with van der Waals surface area (Å²) >= 11 is 0. The van der Waals surface area contributed by atoms with Crippen LogP contribution in [0.2, 0.25) is 0 Å². The van der Waals surface area contributed by atoms with E-state index in [0.717, 1.165) is 23.9 Å². The van der Waals surface area contributed by atoms with Gasteiger partial charge < -0.3 is 4.48 Å². The van der Waals surface area contributed by atoms with Crippen molar-refractivity contribution in [2.45, 2.75) is 65.5 Å². The molecule has 0 N–H and O–H groups in total. The molecule has 88 valence electrons. The van der Waals surface area contributed by atoms with Gasteiger partial charge in [0.15, 0.2) is 5.78 Å². The Kier molecular flexibility index (Phi) is 4.32. The van der Waals surface area contributed by atoms with E-state index < -0.39 is 0 Å². The van der Waals surface area contributed by atoms with E-state index in [9.17, 15) is 4.79 Å². The van der Waals surface area contributed by atoms with Gasteiger partial charge in [-0.2, -0.15) is 0 Å². The maximum atomic E-state index is 11.7. The molecule has 1 aliphatic rings. The average molecular weight is 212 g/mol. The van der Waals surface area contributed by atoms with E-state index in [2.05, 4.69) is 27.7 Å². The summed E-state index contributed by atoms with van der Waals surface area (Å²) in [5.74, 6) is 0.474. The van der Waals surface area contributed by atoms with E-state index in [0.29, 0.717) is 17.9 Å². The zero-order valence-electron chi connectivity index (χ0n) is 10.8. The Bertz CT molecular complexity index is 215. The Balaban J connectivity index is 2.89. The number of likely N-dealkylation sites (tertiary alicyclic amines) is 1. The van der Waals surface area contributed by atoms with Crippen LogP contribution in [0.15, 0.2) is 0 Å². The topological polar surface area (TPSA) is 17.1 Å². The summed E-state index contributed by atoms with van der Waals surface area (Å²) in [5, 5.41) is 0. The van der Waals surface area contributed by atoms with Gasteiger partial charge in [0, 0.05) is 12.8 Å². The molecular weight excluding hydrogens is 186 g/mol. The number of nitrogens with zero attached hydrogens (tertiary/aromatic N) is 1. The molecule has 1 saturated heterocycles. The molecule has 1 aliphatic heterocycles. The summed E-state index contributed by atoms with van der Waals surface area (Å²) in [5.41, 5.74) is 0. The molecule has 0 aliphatic carbocycles. The van der Waals surface area contributed by atoms with Gasteiger partial charge in [0.05, 0.1) is 18.6 Å². The second-order valence-corrected chi connectivity index (χ2v) is 5.14. The molecule has 0 aromatic heterocycles. The molecule has 2 atom stereocenters. The lowest BCUT2D eigenvalue weighted by molar-refractivity contribution is -0.965. The molecule has 1 rings (SSSR count). The second-order valence-electron chi connectivity index (χ2n) is 5.14. The van der Waals surface area contributed by atoms with Gasteiger partial charge in [-0.05, 0) is 26.7 Å². The van der Waals surface area contributed by atoms with Crippen LogP contribution in [0.5, 0.6) is 0 Å². The smallest absolute Gasteiger partial charge is 0.187 e. The normalized spacial score (nSPS) is 31.3. The van der Waals surface area contributed by atoms with Crippen molar-refractivity contribution in [3.8, 4) is 0 Å². The molecule has 0 spiro atoms. The van der Waals surface area contributed by atoms with Crippen molar-refractivity contribution in [1.82, 2.24) is 0 Å². The van der Waals surface area contributed by atoms with Crippen molar-refractivity contribution in [2.75, 3.05) is 13.1 Å². The van der Waals surface area contributed by atoms with E-state index >= 15 is 0 Å². The summed E-state index contributed by atoms with van der Waals surface area (Å²) in [4.78, 5) is 11.7. The minimum absolute atomic E-state index is 0.474. The standard InChI is InChI=1S/C13H26NO/c1-5-11(3)14(12(4)6-2)9-7-8-13(15)10-14/h11-12H,5-10H2,1-4H3/q+1. The van der Waals surface area contributed by atoms with Crippen molar-refractivity contribution < 1.29 is 9.28 Å². The van der Waals surface area contributed by atoms with Gasteiger partial charge in [-0.15, -0.1) is 0 Å². The molecular formula is C13H26NO+. The van der Waals surface area contributed by atoms with Gasteiger partial charge in [-0.25, -0.2) is 0 Å². The third-order valence-corrected chi connectivity index (χ3v) is 4.44. The third-order valence-electron chi connectivity index (χ3n) is 4.44. The van der Waals surface area contributed by atoms with Crippen LogP contribution in [0, 0.1) is 0 Å². The lowest BCUT2D eigenvalue weighted by Gasteiger charge is -2.49. The molecule has 1 fully saturated rings. The molecule has 0 amide bonds. The molecule has 0 aromatic carbocycles. The fourth-order valence-electron chi connectivity index (χ4n) is 2.97. The quantitative estimate of drug-likeness (QED) is 0.655. The van der Waals surface area contributed by atoms with Gasteiger partial charge in [-0.3, -0.25) is 4.79 Å². The predicted molar refractivity (Wildman–Crippen MR) is 63.7 cm³/mol. The summed E-state index contributed by atoms with van der Waals surface area (Å²) < 4.78 is 1.05. The Hall–Kier alpha value is -0.370. The van der Waals surface area contributed by atoms with Crippen LogP contribution < -0.4 is 0 Å². The van der Waals surface area contributed by atoms with E-state index in [-0.39, 0.29) is 0 Å². The Morgan fingerprint density at radius 3 is 2.13 bits per heavy atom. The van der Waals surface area contributed by atoms with Crippen molar-refractivity contribution in [3.63, 3.8) is 0 Å². The first kappa shape index (κ1) is 12.7. The Labute approximate surface area is 94.2 Å². The number of carbonyl (C=O) groups excluding carboxylic acids is 1. The van der Waals surface area contributed by atoms with Crippen molar-refractivity contribution >= 4 is 5.78 Å². The molecule has 15 heavy (non-hydrogen) atoms. The summed E-state index contributed by atoms with van der Waals surface area (Å²) in [6.07, 6.45) is 4.26. The van der Waals surface area contributed by atoms with Crippen molar-refractivity contribution in [3.05, 3.63) is 0 Å². The first-order valence-electron chi connectivity index (χ1n) is 6.45. The van der Waals surface area contributed by atoms with Gasteiger partial charge >= 0.3 is 0 Å². The second kappa shape index (κ2) is 5.11. The van der Waals surface area contributed by atoms with E-state index in [1.165, 1.54) is 19.4 Å². The molecule has 0 bridgehead atoms. The summed E-state index contributed by atoms with van der Waals surface area (Å²) in [7, 11) is 0. The monoisotopic (exact) mass is 212 g/mol. The number of quaternary nitrogens is 1. The van der Waals surface area contributed by atoms with Gasteiger partial charge in [-0.1, -0.05) is 13.8 Å². The largest absolute Gasteiger partial charge is 0.313 e. The highest BCUT2D eigenvalue weighted by Gasteiger charge is 2.41. The number of carbonyl (C=O) groups is 1. The molecule has 2 heteroatoms. The number of ketones is 1. The number of Topliss-reactive ketones (excluding diaryl/α,β-unsaturated/α-hetero) is 1. The van der Waals surface area contributed by atoms with Crippen LogP contribution in [-0.4, -0.2) is 35.4 Å². The predicted octanol–water partition coefficient (Wildman–Crippen LogP) is 2.76. The summed E-state index contributed by atoms with van der Waals surface area (Å²) in [6, 6.07) is 1.26. The molecule has 0 saturated carbocycles. The van der Waals surface area contributed by atoms with Gasteiger partial charge in [0.25, 0.3) is 0 Å². The Morgan fingerprint density at radius 1 is 1.20 bits per heavy atom. The summed E-state index contributed by atoms with van der Waals surface area (Å²) in [6.45, 7) is 11.1. The molecule has 2 nitrogen and oxygen atoms in total. The van der Waals surface area contributed by atoms with Crippen molar-refractivity contribution in [2.24, 2.45) is 0 Å². The van der Waals surface area contributed by atoms with E-state index in [1.54, 1.807) is 0 Å². The SMILES string of the molecule is CCC(C)[N+]1(C(C)CC)CCCC(=O)C1. The Morgan fingerprint density at radius 2 is 1.73 bits per heavy atom. The zero-order chi connectivity index (χ0) is 11.5. The van der Waals surface area contributed by atoms with Gasteiger partial charge in [0.2, 0.25) is 0 Å². The van der Waals surface area contributed by atoms with Crippen LogP contribution in [0.1, 0.15) is 53.4 Å². The lowest BCUT2D eigenvalue weighted by atomic mass is 9.97. The van der Waals surface area contributed by atoms with E-state index in [4.69, 9.17) is 0 Å². The number of hydrogen-bond acceptors (Lipinski definition) is 1. The number of hydrogen-bond donors (Lipinski definition) is 0. The minimum atomic E-state index is 0.474. The first-order chi connectivity index (χ1) is 7.06. The highest BCUT2D eigenvalue weighted by atomic mass is 16.1. The average Bonchev–Trinajstić information content (AvgIpc) is 2.26. The molecule has 0 aromatic rings. The molecule has 1 heterocycles. The van der Waals surface area contributed by atoms with Crippen LogP contribution >= 0.6 is 0 Å². The number of rotatable bonds is 4. The lowest BCUT2D eigenvalue weighted by Crippen LogP contribution is -2.63. The van der Waals surface area contributed by atoms with Crippen molar-refractivity contribution in [1.29, 1.82) is 0 Å². The maximum Gasteiger partial charge on any atom is 0.187 e. The molecule has 0 radical (unpaired) electrons. The first-order valence-corrected chi connectivity index (χ1v) is 6.45. The van der Waals surface area contributed by atoms with Crippen LogP contribution in [0.4, 0.5) is 0 Å². The highest BCUT2D eigenvalue weighted by Crippen LogP contribution is 2.28. The third kappa shape index (κ3) is 2.41. The van der Waals surface area contributed by atoms with Crippen LogP contribution in [-0.2, 0) is 4.79 Å². The van der Waals surface area contributed by atoms with E-state index in [1.807, 2.05) is 0 Å². The van der Waals surface area contributed by atoms with Crippen LogP contribution in [0.25, 0.3) is 0 Å². The highest BCUT2D eigenvalue weighted by molar-refractivity contribution is 5.80. The van der Waals surface area contributed by atoms with Crippen LogP contribution in [0.3, 0.4) is 0 Å². The van der Waals surface area contributed by atoms with Gasteiger partial charge in [0.1, 0.15) is 6.54 Å². The molecule has 2 unspecified atom stereocenters. The maximum absolute atomic E-state index is 11.7. The number of piperidine rings is 1.